The summed E-state index contributed by atoms with van der Waals surface area (Å²) in [5, 5.41) is 10.3. The maximum absolute atomic E-state index is 11.9. The van der Waals surface area contributed by atoms with Crippen LogP contribution in [0.5, 0.6) is 0 Å². The van der Waals surface area contributed by atoms with Crippen LogP contribution < -0.4 is 0 Å². The summed E-state index contributed by atoms with van der Waals surface area (Å²) in [6.45, 7) is 7.35. The van der Waals surface area contributed by atoms with Gasteiger partial charge in [-0.3, -0.25) is 4.79 Å². The fraction of sp³-hybridized carbons (Fsp3) is 0.850. The summed E-state index contributed by atoms with van der Waals surface area (Å²) in [6, 6.07) is 0. The molecule has 4 aliphatic carbocycles. The molecule has 4 aliphatic rings. The highest BCUT2D eigenvalue weighted by molar-refractivity contribution is 5.95. The Bertz CT molecular complexity index is 548. The summed E-state index contributed by atoms with van der Waals surface area (Å²) in [7, 11) is 0. The summed E-state index contributed by atoms with van der Waals surface area (Å²) >= 11 is 0. The molecular formula is C20H30O2. The first-order valence-electron chi connectivity index (χ1n) is 9.33. The van der Waals surface area contributed by atoms with Crippen LogP contribution in [0.25, 0.3) is 0 Å². The third-order valence-electron chi connectivity index (χ3n) is 8.57. The minimum atomic E-state index is -0.0129. The lowest BCUT2D eigenvalue weighted by molar-refractivity contribution is -0.121. The van der Waals surface area contributed by atoms with Gasteiger partial charge >= 0.3 is 0 Å². The zero-order valence-corrected chi connectivity index (χ0v) is 14.3. The number of Topliss-reactive ketones (excluding diaryl/α,β-unsaturated/α-hetero) is 1. The molecule has 2 nitrogen and oxygen atoms in total. The Balaban J connectivity index is 1.72. The lowest BCUT2D eigenvalue weighted by Crippen LogP contribution is -2.50. The highest BCUT2D eigenvalue weighted by Crippen LogP contribution is 2.66. The number of carbonyl (C=O) groups is 1. The first-order chi connectivity index (χ1) is 10.4. The van der Waals surface area contributed by atoms with Crippen LogP contribution in [0.1, 0.15) is 72.1 Å². The van der Waals surface area contributed by atoms with E-state index in [1.165, 1.54) is 32.1 Å². The highest BCUT2D eigenvalue weighted by atomic mass is 16.3. The van der Waals surface area contributed by atoms with Crippen molar-refractivity contribution in [1.82, 2.24) is 0 Å². The average molecular weight is 302 g/mol. The van der Waals surface area contributed by atoms with Crippen molar-refractivity contribution in [3.63, 3.8) is 0 Å². The lowest BCUT2D eigenvalue weighted by atomic mass is 9.47. The van der Waals surface area contributed by atoms with Crippen molar-refractivity contribution < 1.29 is 9.90 Å². The Hall–Kier alpha value is -0.790. The van der Waals surface area contributed by atoms with E-state index in [1.54, 1.807) is 0 Å². The molecule has 0 bridgehead atoms. The minimum Gasteiger partial charge on any atom is -0.504 e. The molecule has 0 saturated heterocycles. The third kappa shape index (κ3) is 1.70. The summed E-state index contributed by atoms with van der Waals surface area (Å²) < 4.78 is 0. The predicted octanol–water partition coefficient (Wildman–Crippen LogP) is 5.04. The van der Waals surface area contributed by atoms with Crippen LogP contribution in [-0.4, -0.2) is 10.9 Å². The number of rotatable bonds is 0. The average Bonchev–Trinajstić information content (AvgIpc) is 2.79. The molecule has 6 atom stereocenters. The smallest absolute Gasteiger partial charge is 0.197 e. The molecule has 0 aromatic heterocycles. The van der Waals surface area contributed by atoms with Gasteiger partial charge in [-0.15, -0.1) is 0 Å². The van der Waals surface area contributed by atoms with E-state index in [0.29, 0.717) is 17.8 Å². The van der Waals surface area contributed by atoms with Gasteiger partial charge in [-0.25, -0.2) is 0 Å². The van der Waals surface area contributed by atoms with Crippen LogP contribution >= 0.6 is 0 Å². The number of hydrogen-bond acceptors (Lipinski definition) is 2. The van der Waals surface area contributed by atoms with Crippen molar-refractivity contribution in [2.24, 2.45) is 34.5 Å². The van der Waals surface area contributed by atoms with Crippen molar-refractivity contribution in [3.05, 3.63) is 11.3 Å². The van der Waals surface area contributed by atoms with Crippen molar-refractivity contribution in [2.75, 3.05) is 0 Å². The fourth-order valence-electron chi connectivity index (χ4n) is 6.95. The van der Waals surface area contributed by atoms with E-state index in [1.807, 2.05) is 0 Å². The van der Waals surface area contributed by atoms with E-state index in [0.717, 1.165) is 36.2 Å². The highest BCUT2D eigenvalue weighted by Gasteiger charge is 2.58. The van der Waals surface area contributed by atoms with E-state index >= 15 is 0 Å². The molecule has 0 amide bonds. The van der Waals surface area contributed by atoms with Crippen molar-refractivity contribution >= 4 is 5.78 Å². The molecule has 4 rings (SSSR count). The van der Waals surface area contributed by atoms with Crippen LogP contribution in [0, 0.1) is 34.5 Å². The first-order valence-corrected chi connectivity index (χ1v) is 9.33. The molecule has 1 N–H and O–H groups in total. The zero-order chi connectivity index (χ0) is 15.7. The van der Waals surface area contributed by atoms with Gasteiger partial charge in [0.05, 0.1) is 0 Å². The van der Waals surface area contributed by atoms with E-state index in [4.69, 9.17) is 0 Å². The summed E-state index contributed by atoms with van der Waals surface area (Å²) in [5.74, 6) is 3.37. The van der Waals surface area contributed by atoms with E-state index in [-0.39, 0.29) is 17.0 Å². The molecular weight excluding hydrogens is 272 g/mol. The van der Waals surface area contributed by atoms with Crippen LogP contribution in [0.15, 0.2) is 11.3 Å². The molecule has 2 heteroatoms. The Labute approximate surface area is 134 Å². The zero-order valence-electron chi connectivity index (χ0n) is 14.3. The molecule has 0 spiro atoms. The topological polar surface area (TPSA) is 37.3 Å². The molecule has 22 heavy (non-hydrogen) atoms. The number of aliphatic hydroxyl groups is 1. The van der Waals surface area contributed by atoms with Gasteiger partial charge in [0.15, 0.2) is 11.5 Å². The third-order valence-corrected chi connectivity index (χ3v) is 8.57. The minimum absolute atomic E-state index is 0.0129. The first kappa shape index (κ1) is 14.8. The maximum Gasteiger partial charge on any atom is 0.197 e. The van der Waals surface area contributed by atoms with Gasteiger partial charge < -0.3 is 5.11 Å². The molecule has 3 fully saturated rings. The van der Waals surface area contributed by atoms with Crippen molar-refractivity contribution in [1.29, 1.82) is 0 Å². The number of ketones is 1. The maximum atomic E-state index is 11.9. The van der Waals surface area contributed by atoms with Crippen LogP contribution in [-0.2, 0) is 4.79 Å². The monoisotopic (exact) mass is 302 g/mol. The molecule has 122 valence electrons. The summed E-state index contributed by atoms with van der Waals surface area (Å²) in [5.41, 5.74) is 1.75. The fourth-order valence-corrected chi connectivity index (χ4v) is 6.95. The van der Waals surface area contributed by atoms with Crippen LogP contribution in [0.2, 0.25) is 0 Å². The van der Waals surface area contributed by atoms with Crippen LogP contribution in [0.3, 0.4) is 0 Å². The van der Waals surface area contributed by atoms with Crippen LogP contribution in [0.4, 0.5) is 0 Å². The second-order valence-corrected chi connectivity index (χ2v) is 9.11. The number of allylic oxidation sites excluding steroid dienone is 1. The summed E-state index contributed by atoms with van der Waals surface area (Å²) in [6.07, 6.45) is 9.10. The molecule has 1 unspecified atom stereocenters. The van der Waals surface area contributed by atoms with Gasteiger partial charge in [-0.05, 0) is 85.0 Å². The normalized spacial score (nSPS) is 51.3. The van der Waals surface area contributed by atoms with Gasteiger partial charge in [0.25, 0.3) is 0 Å². The predicted molar refractivity (Wildman–Crippen MR) is 87.4 cm³/mol. The van der Waals surface area contributed by atoms with Gasteiger partial charge in [0, 0.05) is 6.42 Å². The molecule has 0 heterocycles. The van der Waals surface area contributed by atoms with Crippen molar-refractivity contribution in [3.8, 4) is 0 Å². The largest absolute Gasteiger partial charge is 0.504 e. The SMILES string of the molecule is CC1CC[C@H]2[C@@H]3CCC4=C(O)C(=O)CC[C@]4(C)[C@H]3CC[C@]12C. The van der Waals surface area contributed by atoms with E-state index < -0.39 is 0 Å². The number of aliphatic hydroxyl groups excluding tert-OH is 1. The Morgan fingerprint density at radius 1 is 1.00 bits per heavy atom. The van der Waals surface area contributed by atoms with Gasteiger partial charge in [-0.1, -0.05) is 20.8 Å². The Kier molecular flexibility index (Phi) is 3.10. The second-order valence-electron chi connectivity index (χ2n) is 9.11. The molecule has 0 aromatic rings. The summed E-state index contributed by atoms with van der Waals surface area (Å²) in [4.78, 5) is 11.9. The number of fused-ring (bicyclic) bond motifs is 5. The molecule has 0 radical (unpaired) electrons. The molecule has 3 saturated carbocycles. The quantitative estimate of drug-likeness (QED) is 0.680. The van der Waals surface area contributed by atoms with Gasteiger partial charge in [0.2, 0.25) is 0 Å². The molecule has 0 aromatic carbocycles. The second kappa shape index (κ2) is 4.61. The standard InChI is InChI=1S/C20H30O2/c1-12-4-6-14-13-5-7-16-18(22)17(21)9-11-20(16,3)15(13)8-10-19(12,14)2/h12-15,22H,4-11H2,1-3H3/t12?,13-,14-,15-,19+,20+/m0/s1. The Morgan fingerprint density at radius 3 is 2.55 bits per heavy atom. The van der Waals surface area contributed by atoms with E-state index in [9.17, 15) is 9.90 Å². The Morgan fingerprint density at radius 2 is 1.77 bits per heavy atom. The van der Waals surface area contributed by atoms with Crippen molar-refractivity contribution in [2.45, 2.75) is 72.1 Å². The molecule has 0 aliphatic heterocycles. The number of hydrogen-bond donors (Lipinski definition) is 1. The van der Waals surface area contributed by atoms with Gasteiger partial charge in [0.1, 0.15) is 0 Å². The lowest BCUT2D eigenvalue weighted by Gasteiger charge is -2.58. The van der Waals surface area contributed by atoms with E-state index in [2.05, 4.69) is 20.8 Å². The number of carbonyl (C=O) groups excluding carboxylic acids is 1. The van der Waals surface area contributed by atoms with Gasteiger partial charge in [-0.2, -0.15) is 0 Å².